The lowest BCUT2D eigenvalue weighted by Gasteiger charge is -2.40. The van der Waals surface area contributed by atoms with Gasteiger partial charge in [0.25, 0.3) is 6.71 Å². The molecule has 0 saturated heterocycles. The molecule has 0 radical (unpaired) electrons. The number of aromatic nitrogens is 1. The maximum Gasteiger partial charge on any atom is 0.268 e. The van der Waals surface area contributed by atoms with E-state index >= 15 is 0 Å². The Labute approximate surface area is 370 Å². The van der Waals surface area contributed by atoms with Crippen LogP contribution in [0, 0.1) is 20.8 Å². The summed E-state index contributed by atoms with van der Waals surface area (Å²) in [5.74, 6) is 1.96. The topological polar surface area (TPSA) is 20.6 Å². The second-order valence-corrected chi connectivity index (χ2v) is 20.8. The Kier molecular flexibility index (Phi) is 8.50. The van der Waals surface area contributed by atoms with Crippen molar-refractivity contribution in [3.05, 3.63) is 161 Å². The fourth-order valence-electron chi connectivity index (χ4n) is 10.00. The fraction of sp³-hybridized carbons (Fsp3) is 0.214. The second kappa shape index (κ2) is 13.6. The van der Waals surface area contributed by atoms with E-state index in [2.05, 4.69) is 217 Å². The summed E-state index contributed by atoms with van der Waals surface area (Å²) in [6.07, 6.45) is 0. The van der Waals surface area contributed by atoms with Crippen LogP contribution in [0.2, 0.25) is 0 Å². The lowest BCUT2D eigenvalue weighted by atomic mass is 9.36. The molecule has 0 spiro atoms. The minimum absolute atomic E-state index is 0.0224. The minimum atomic E-state index is -0.0357. The molecule has 0 bridgehead atoms. The summed E-state index contributed by atoms with van der Waals surface area (Å²) < 4.78 is 12.2. The van der Waals surface area contributed by atoms with Crippen LogP contribution in [0.5, 0.6) is 11.5 Å². The molecule has 0 unspecified atom stereocenters. The van der Waals surface area contributed by atoms with Crippen molar-refractivity contribution < 1.29 is 4.74 Å². The molecule has 4 nitrogen and oxygen atoms in total. The summed E-state index contributed by atoms with van der Waals surface area (Å²) in [6.45, 7) is 20.4. The number of thiophene rings is 1. The lowest BCUT2D eigenvalue weighted by Crippen LogP contribution is -2.58. The van der Waals surface area contributed by atoms with Crippen LogP contribution in [0.3, 0.4) is 0 Å². The Morgan fingerprint density at radius 1 is 0.597 bits per heavy atom. The quantitative estimate of drug-likeness (QED) is 0.165. The van der Waals surface area contributed by atoms with Crippen LogP contribution in [-0.4, -0.2) is 11.3 Å². The first-order chi connectivity index (χ1) is 29.7. The summed E-state index contributed by atoms with van der Waals surface area (Å²) >= 11 is 1.89. The Hall–Kier alpha value is -6.24. The van der Waals surface area contributed by atoms with Crippen LogP contribution in [0.1, 0.15) is 69.4 Å². The molecule has 2 aliphatic rings. The molecule has 306 valence electrons. The van der Waals surface area contributed by atoms with E-state index in [0.29, 0.717) is 0 Å². The van der Waals surface area contributed by atoms with Gasteiger partial charge in [-0.1, -0.05) is 113 Å². The van der Waals surface area contributed by atoms with Gasteiger partial charge in [-0.2, -0.15) is 0 Å². The Morgan fingerprint density at radius 2 is 1.23 bits per heavy atom. The van der Waals surface area contributed by atoms with Crippen LogP contribution in [0.4, 0.5) is 34.1 Å². The number of hydrogen-bond donors (Lipinski definition) is 0. The minimum Gasteiger partial charge on any atom is -0.457 e. The van der Waals surface area contributed by atoms with E-state index in [0.717, 1.165) is 34.2 Å². The van der Waals surface area contributed by atoms with Crippen molar-refractivity contribution in [2.75, 3.05) is 9.80 Å². The molecular weight excluding hydrogens is 774 g/mol. The van der Waals surface area contributed by atoms with E-state index in [1.54, 1.807) is 0 Å². The number of fused-ring (bicyclic) bond motifs is 9. The van der Waals surface area contributed by atoms with E-state index < -0.39 is 0 Å². The average Bonchev–Trinajstić information content (AvgIpc) is 3.76. The van der Waals surface area contributed by atoms with Crippen molar-refractivity contribution >= 4 is 99.8 Å². The van der Waals surface area contributed by atoms with Crippen molar-refractivity contribution in [2.45, 2.75) is 73.1 Å². The van der Waals surface area contributed by atoms with E-state index in [-0.39, 0.29) is 17.5 Å². The van der Waals surface area contributed by atoms with Crippen LogP contribution in [-0.2, 0) is 17.9 Å². The fourth-order valence-corrected chi connectivity index (χ4v) is 11.2. The third-order valence-corrected chi connectivity index (χ3v) is 14.5. The molecule has 4 heterocycles. The number of nitrogens with zero attached hydrogens (tertiary/aromatic N) is 3. The number of ether oxygens (including phenoxy) is 1. The number of para-hydroxylation sites is 1. The number of benzene rings is 7. The predicted molar refractivity (Wildman–Crippen MR) is 268 cm³/mol. The number of hydrogen-bond acceptors (Lipinski definition) is 4. The highest BCUT2D eigenvalue weighted by molar-refractivity contribution is 7.33. The predicted octanol–water partition coefficient (Wildman–Crippen LogP) is 13.9. The van der Waals surface area contributed by atoms with Crippen molar-refractivity contribution in [1.82, 2.24) is 4.57 Å². The SMILES string of the molecule is Cc1ccc(N(c2ccc(C)cc2)c2ccc(N3c4ccc(C(C)(C)C)cc4B4c5sc6ccc(C(C)(C)C)cc6c5Oc5cc(C)cc3c54)c3c4ccccc4n(C)c23)cc1. The summed E-state index contributed by atoms with van der Waals surface area (Å²) in [5, 5.41) is 3.66. The van der Waals surface area contributed by atoms with Gasteiger partial charge in [-0.15, -0.1) is 11.3 Å². The Morgan fingerprint density at radius 3 is 1.90 bits per heavy atom. The standard InChI is InChI=1S/C56H52BN3OS/c1-33-15-21-38(22-16-33)59(39-23-17-34(2)18-24-39)46-27-26-45(50-40-13-11-12-14-43(40)58(10)52(46)50)60-44-25-19-37(56(7,8)9)32-42(44)57-51-47(60)29-35(3)30-48(51)61-53-41-31-36(55(4,5)6)20-28-49(41)62-54(53)57/h11-32H,1-10H3. The molecule has 0 saturated carbocycles. The summed E-state index contributed by atoms with van der Waals surface area (Å²) in [6, 6.07) is 50.4. The molecule has 2 aromatic heterocycles. The van der Waals surface area contributed by atoms with Crippen molar-refractivity contribution in [2.24, 2.45) is 7.05 Å². The molecule has 2 aliphatic heterocycles. The summed E-state index contributed by atoms with van der Waals surface area (Å²) in [5.41, 5.74) is 18.1. The molecule has 11 rings (SSSR count). The second-order valence-electron chi connectivity index (χ2n) is 19.8. The zero-order chi connectivity index (χ0) is 43.0. The molecule has 0 aliphatic carbocycles. The van der Waals surface area contributed by atoms with Gasteiger partial charge in [0.05, 0.1) is 16.9 Å². The molecule has 0 fully saturated rings. The molecule has 7 aromatic carbocycles. The number of aryl methyl sites for hydroxylation is 4. The van der Waals surface area contributed by atoms with Gasteiger partial charge in [-0.3, -0.25) is 0 Å². The van der Waals surface area contributed by atoms with Crippen LogP contribution in [0.15, 0.2) is 133 Å². The average molecular weight is 826 g/mol. The molecule has 0 amide bonds. The zero-order valence-corrected chi connectivity index (χ0v) is 38.3. The normalized spacial score (nSPS) is 13.4. The highest BCUT2D eigenvalue weighted by Crippen LogP contribution is 2.51. The van der Waals surface area contributed by atoms with Gasteiger partial charge in [-0.05, 0) is 132 Å². The number of rotatable bonds is 4. The monoisotopic (exact) mass is 825 g/mol. The zero-order valence-electron chi connectivity index (χ0n) is 37.4. The first-order valence-electron chi connectivity index (χ1n) is 21.9. The number of anilines is 6. The van der Waals surface area contributed by atoms with Gasteiger partial charge in [0.2, 0.25) is 0 Å². The highest BCUT2D eigenvalue weighted by Gasteiger charge is 2.45. The molecule has 62 heavy (non-hydrogen) atoms. The summed E-state index contributed by atoms with van der Waals surface area (Å²) in [7, 11) is 2.23. The lowest BCUT2D eigenvalue weighted by molar-refractivity contribution is 0.494. The highest BCUT2D eigenvalue weighted by atomic mass is 32.1. The summed E-state index contributed by atoms with van der Waals surface area (Å²) in [4.78, 5) is 4.99. The van der Waals surface area contributed by atoms with Gasteiger partial charge in [0.1, 0.15) is 11.5 Å². The first kappa shape index (κ1) is 38.7. The molecular formula is C56H52BN3OS. The Balaban J connectivity index is 1.21. The molecule has 0 atom stereocenters. The van der Waals surface area contributed by atoms with Gasteiger partial charge in [0.15, 0.2) is 0 Å². The Bertz CT molecular complexity index is 3240. The third-order valence-electron chi connectivity index (χ3n) is 13.3. The van der Waals surface area contributed by atoms with E-state index in [1.807, 2.05) is 11.3 Å². The van der Waals surface area contributed by atoms with Gasteiger partial charge >= 0.3 is 0 Å². The van der Waals surface area contributed by atoms with Crippen molar-refractivity contribution in [3.8, 4) is 11.5 Å². The van der Waals surface area contributed by atoms with Gasteiger partial charge in [0, 0.05) is 60.9 Å². The maximum absolute atomic E-state index is 7.22. The van der Waals surface area contributed by atoms with Crippen molar-refractivity contribution in [3.63, 3.8) is 0 Å². The molecule has 0 N–H and O–H groups in total. The largest absolute Gasteiger partial charge is 0.457 e. The van der Waals surface area contributed by atoms with Crippen LogP contribution < -0.4 is 30.2 Å². The maximum atomic E-state index is 7.22. The van der Waals surface area contributed by atoms with Gasteiger partial charge < -0.3 is 19.1 Å². The van der Waals surface area contributed by atoms with Crippen LogP contribution >= 0.6 is 11.3 Å². The third kappa shape index (κ3) is 5.86. The molecule has 9 aromatic rings. The van der Waals surface area contributed by atoms with Gasteiger partial charge in [-0.25, -0.2) is 0 Å². The van der Waals surface area contributed by atoms with Crippen molar-refractivity contribution in [1.29, 1.82) is 0 Å². The smallest absolute Gasteiger partial charge is 0.268 e. The van der Waals surface area contributed by atoms with E-state index in [1.165, 1.54) is 86.8 Å². The van der Waals surface area contributed by atoms with E-state index in [4.69, 9.17) is 4.74 Å². The molecule has 6 heteroatoms. The van der Waals surface area contributed by atoms with E-state index in [9.17, 15) is 0 Å². The first-order valence-corrected chi connectivity index (χ1v) is 22.7. The van der Waals surface area contributed by atoms with Crippen LogP contribution in [0.25, 0.3) is 31.9 Å².